The van der Waals surface area contributed by atoms with E-state index in [9.17, 15) is 10.1 Å². The molecule has 1 aromatic carbocycles. The minimum Gasteiger partial charge on any atom is -0.478 e. The van der Waals surface area contributed by atoms with Gasteiger partial charge in [-0.25, -0.2) is 14.5 Å². The Hall–Kier alpha value is -3.46. The van der Waals surface area contributed by atoms with Crippen LogP contribution in [-0.4, -0.2) is 25.8 Å². The first-order chi connectivity index (χ1) is 11.1. The average molecular weight is 304 g/mol. The normalized spacial score (nSPS) is 10.3. The Bertz CT molecular complexity index is 924. The Labute approximate surface area is 132 Å². The number of carboxylic acids is 1. The zero-order valence-corrected chi connectivity index (χ0v) is 12.3. The predicted octanol–water partition coefficient (Wildman–Crippen LogP) is 2.81. The van der Waals surface area contributed by atoms with E-state index < -0.39 is 5.97 Å². The fourth-order valence-electron chi connectivity index (χ4n) is 2.30. The number of hydrogen-bond donors (Lipinski definition) is 1. The SMILES string of the molecule is Cc1nn(-c2cc(C#N)c(-c3ccccc3)cn2)cc1C(=O)O. The van der Waals surface area contributed by atoms with Crippen LogP contribution in [0.5, 0.6) is 0 Å². The molecule has 2 heterocycles. The van der Waals surface area contributed by atoms with E-state index in [2.05, 4.69) is 16.2 Å². The van der Waals surface area contributed by atoms with Crippen molar-refractivity contribution in [2.45, 2.75) is 6.92 Å². The molecule has 3 rings (SSSR count). The molecule has 112 valence electrons. The van der Waals surface area contributed by atoms with E-state index in [0.29, 0.717) is 17.1 Å². The summed E-state index contributed by atoms with van der Waals surface area (Å²) in [5, 5.41) is 22.6. The number of benzene rings is 1. The minimum absolute atomic E-state index is 0.109. The summed E-state index contributed by atoms with van der Waals surface area (Å²) in [5.74, 6) is -0.646. The number of carboxylic acid groups (broad SMARTS) is 1. The van der Waals surface area contributed by atoms with Gasteiger partial charge in [0.1, 0.15) is 5.56 Å². The number of aromatic nitrogens is 3. The number of aryl methyl sites for hydroxylation is 1. The first-order valence-corrected chi connectivity index (χ1v) is 6.85. The van der Waals surface area contributed by atoms with Crippen molar-refractivity contribution in [1.82, 2.24) is 14.8 Å². The summed E-state index contributed by atoms with van der Waals surface area (Å²) >= 11 is 0. The third-order valence-corrected chi connectivity index (χ3v) is 3.46. The Balaban J connectivity index is 2.08. The van der Waals surface area contributed by atoms with Gasteiger partial charge in [-0.15, -0.1) is 0 Å². The molecule has 0 aliphatic carbocycles. The smallest absolute Gasteiger partial charge is 0.339 e. The highest BCUT2D eigenvalue weighted by Gasteiger charge is 2.14. The number of rotatable bonds is 3. The van der Waals surface area contributed by atoms with Crippen molar-refractivity contribution in [2.75, 3.05) is 0 Å². The van der Waals surface area contributed by atoms with Crippen LogP contribution < -0.4 is 0 Å². The molecular weight excluding hydrogens is 292 g/mol. The lowest BCUT2D eigenvalue weighted by atomic mass is 10.0. The molecule has 0 radical (unpaired) electrons. The zero-order chi connectivity index (χ0) is 16.4. The Kier molecular flexibility index (Phi) is 3.61. The monoisotopic (exact) mass is 304 g/mol. The highest BCUT2D eigenvalue weighted by Crippen LogP contribution is 2.24. The number of nitrogens with zero attached hydrogens (tertiary/aromatic N) is 4. The molecule has 0 saturated carbocycles. The molecule has 6 nitrogen and oxygen atoms in total. The van der Waals surface area contributed by atoms with Crippen LogP contribution in [-0.2, 0) is 0 Å². The molecule has 0 fully saturated rings. The van der Waals surface area contributed by atoms with Crippen LogP contribution in [0.1, 0.15) is 21.6 Å². The van der Waals surface area contributed by atoms with Crippen LogP contribution in [0, 0.1) is 18.3 Å². The highest BCUT2D eigenvalue weighted by atomic mass is 16.4. The lowest BCUT2D eigenvalue weighted by Crippen LogP contribution is -2.00. The largest absolute Gasteiger partial charge is 0.478 e. The molecule has 0 aliphatic heterocycles. The maximum absolute atomic E-state index is 11.1. The van der Waals surface area contributed by atoms with Gasteiger partial charge in [0, 0.05) is 24.0 Å². The molecule has 6 heteroatoms. The maximum Gasteiger partial charge on any atom is 0.339 e. The molecule has 0 bridgehead atoms. The van der Waals surface area contributed by atoms with E-state index in [1.807, 2.05) is 30.3 Å². The predicted molar refractivity (Wildman–Crippen MR) is 83.2 cm³/mol. The molecule has 0 atom stereocenters. The van der Waals surface area contributed by atoms with Crippen LogP contribution in [0.15, 0.2) is 48.8 Å². The van der Waals surface area contributed by atoms with Crippen LogP contribution in [0.25, 0.3) is 16.9 Å². The molecule has 3 aromatic rings. The summed E-state index contributed by atoms with van der Waals surface area (Å²) in [6, 6.07) is 13.2. The summed E-state index contributed by atoms with van der Waals surface area (Å²) < 4.78 is 1.37. The van der Waals surface area contributed by atoms with Crippen molar-refractivity contribution in [2.24, 2.45) is 0 Å². The van der Waals surface area contributed by atoms with Crippen molar-refractivity contribution in [3.63, 3.8) is 0 Å². The van der Waals surface area contributed by atoms with Crippen LogP contribution in [0.3, 0.4) is 0 Å². The van der Waals surface area contributed by atoms with Crippen LogP contribution >= 0.6 is 0 Å². The molecule has 0 amide bonds. The van der Waals surface area contributed by atoms with Crippen molar-refractivity contribution in [3.05, 3.63) is 65.6 Å². The van der Waals surface area contributed by atoms with Crippen molar-refractivity contribution >= 4 is 5.97 Å². The number of hydrogen-bond acceptors (Lipinski definition) is 4. The highest BCUT2D eigenvalue weighted by molar-refractivity contribution is 5.88. The van der Waals surface area contributed by atoms with Gasteiger partial charge in [0.15, 0.2) is 5.82 Å². The quantitative estimate of drug-likeness (QED) is 0.803. The van der Waals surface area contributed by atoms with Crippen LogP contribution in [0.2, 0.25) is 0 Å². The van der Waals surface area contributed by atoms with Gasteiger partial charge in [-0.1, -0.05) is 30.3 Å². The van der Waals surface area contributed by atoms with E-state index in [1.165, 1.54) is 10.9 Å². The number of pyridine rings is 1. The van der Waals surface area contributed by atoms with Gasteiger partial charge in [-0.3, -0.25) is 0 Å². The van der Waals surface area contributed by atoms with E-state index in [0.717, 1.165) is 11.1 Å². The second kappa shape index (κ2) is 5.73. The lowest BCUT2D eigenvalue weighted by molar-refractivity contribution is 0.0696. The molecule has 0 unspecified atom stereocenters. The van der Waals surface area contributed by atoms with Gasteiger partial charge in [0.05, 0.1) is 17.3 Å². The Morgan fingerprint density at radius 2 is 2.04 bits per heavy atom. The minimum atomic E-state index is -1.05. The summed E-state index contributed by atoms with van der Waals surface area (Å²) in [5.41, 5.74) is 2.57. The van der Waals surface area contributed by atoms with Gasteiger partial charge in [0.25, 0.3) is 0 Å². The molecule has 0 spiro atoms. The van der Waals surface area contributed by atoms with Gasteiger partial charge in [0.2, 0.25) is 0 Å². The van der Waals surface area contributed by atoms with Crippen molar-refractivity contribution < 1.29 is 9.90 Å². The van der Waals surface area contributed by atoms with Gasteiger partial charge >= 0.3 is 5.97 Å². The summed E-state index contributed by atoms with van der Waals surface area (Å²) in [4.78, 5) is 15.4. The summed E-state index contributed by atoms with van der Waals surface area (Å²) in [7, 11) is 0. The molecular formula is C17H12N4O2. The first-order valence-electron chi connectivity index (χ1n) is 6.85. The lowest BCUT2D eigenvalue weighted by Gasteiger charge is -2.06. The summed E-state index contributed by atoms with van der Waals surface area (Å²) in [6.45, 7) is 1.61. The zero-order valence-electron chi connectivity index (χ0n) is 12.3. The van der Waals surface area contributed by atoms with Crippen LogP contribution in [0.4, 0.5) is 0 Å². The van der Waals surface area contributed by atoms with Gasteiger partial charge < -0.3 is 5.11 Å². The molecule has 1 N–H and O–H groups in total. The molecule has 0 aliphatic rings. The number of carbonyl (C=O) groups is 1. The Morgan fingerprint density at radius 3 is 2.65 bits per heavy atom. The fourth-order valence-corrected chi connectivity index (χ4v) is 2.30. The van der Waals surface area contributed by atoms with Crippen molar-refractivity contribution in [3.8, 4) is 23.0 Å². The second-order valence-electron chi connectivity index (χ2n) is 4.94. The maximum atomic E-state index is 11.1. The number of aromatic carboxylic acids is 1. The molecule has 23 heavy (non-hydrogen) atoms. The Morgan fingerprint density at radius 1 is 1.30 bits per heavy atom. The van der Waals surface area contributed by atoms with E-state index >= 15 is 0 Å². The van der Waals surface area contributed by atoms with E-state index in [4.69, 9.17) is 5.11 Å². The van der Waals surface area contributed by atoms with E-state index in [1.54, 1.807) is 19.2 Å². The third-order valence-electron chi connectivity index (χ3n) is 3.46. The standard InChI is InChI=1S/C17H12N4O2/c1-11-15(17(22)23)10-21(20-11)16-7-13(8-18)14(9-19-16)12-5-3-2-4-6-12/h2-7,9-10H,1H3,(H,22,23). The number of nitriles is 1. The van der Waals surface area contributed by atoms with E-state index in [-0.39, 0.29) is 5.56 Å². The average Bonchev–Trinajstić information content (AvgIpc) is 2.97. The van der Waals surface area contributed by atoms with Gasteiger partial charge in [-0.2, -0.15) is 10.4 Å². The second-order valence-corrected chi connectivity index (χ2v) is 4.94. The van der Waals surface area contributed by atoms with Gasteiger partial charge in [-0.05, 0) is 12.5 Å². The fraction of sp³-hybridized carbons (Fsp3) is 0.0588. The summed E-state index contributed by atoms with van der Waals surface area (Å²) in [6.07, 6.45) is 2.99. The third kappa shape index (κ3) is 2.68. The molecule has 0 saturated heterocycles. The first kappa shape index (κ1) is 14.5. The molecule has 2 aromatic heterocycles. The topological polar surface area (TPSA) is 91.8 Å². The van der Waals surface area contributed by atoms with Crippen molar-refractivity contribution in [1.29, 1.82) is 5.26 Å².